The number of benzene rings is 1. The second-order valence-corrected chi connectivity index (χ2v) is 8.24. The molecule has 8 nitrogen and oxygen atoms in total. The third kappa shape index (κ3) is 4.80. The Labute approximate surface area is 146 Å². The van der Waals surface area contributed by atoms with Crippen molar-refractivity contribution in [1.29, 1.82) is 0 Å². The Bertz CT molecular complexity index is 780. The standard InChI is InChI=1S/C15H20BNO7S/c1-17(25(2,22)23)7-6-12(18)9-11-8-10-4-3-5-13(15(19)20)14(10)24-16(11)21/h3-5,11,21H,6-9H2,1-2H3,(H,19,20)/t11-/m1/s1. The second-order valence-electron chi connectivity index (χ2n) is 6.15. The number of para-hydroxylation sites is 1. The Hall–Kier alpha value is -1.91. The fourth-order valence-electron chi connectivity index (χ4n) is 2.67. The number of fused-ring (bicyclic) bond motifs is 1. The maximum atomic E-state index is 12.1. The molecule has 25 heavy (non-hydrogen) atoms. The SMILES string of the molecule is CN(CCC(=O)C[C@H]1Cc2cccc(C(=O)O)c2OB1O)S(C)(=O)=O. The van der Waals surface area contributed by atoms with Gasteiger partial charge in [0.2, 0.25) is 10.0 Å². The molecule has 0 saturated carbocycles. The molecule has 0 saturated heterocycles. The lowest BCUT2D eigenvalue weighted by molar-refractivity contribution is -0.119. The monoisotopic (exact) mass is 369 g/mol. The summed E-state index contributed by atoms with van der Waals surface area (Å²) in [5.41, 5.74) is 0.590. The minimum absolute atomic E-state index is 0.0233. The molecule has 0 bridgehead atoms. The van der Waals surface area contributed by atoms with Crippen LogP contribution in [0.5, 0.6) is 5.75 Å². The summed E-state index contributed by atoms with van der Waals surface area (Å²) in [6, 6.07) is 4.67. The highest BCUT2D eigenvalue weighted by Crippen LogP contribution is 2.36. The van der Waals surface area contributed by atoms with Crippen molar-refractivity contribution < 1.29 is 32.8 Å². The number of rotatable bonds is 7. The highest BCUT2D eigenvalue weighted by molar-refractivity contribution is 7.88. The number of nitrogens with zero attached hydrogens (tertiary/aromatic N) is 1. The number of Topliss-reactive ketones (excluding diaryl/α,β-unsaturated/α-hetero) is 1. The number of carbonyl (C=O) groups is 2. The van der Waals surface area contributed by atoms with Crippen LogP contribution in [0.2, 0.25) is 5.82 Å². The number of sulfonamides is 1. The quantitative estimate of drug-likeness (QED) is 0.668. The normalized spacial score (nSPS) is 17.1. The summed E-state index contributed by atoms with van der Waals surface area (Å²) in [4.78, 5) is 23.3. The zero-order chi connectivity index (χ0) is 18.8. The van der Waals surface area contributed by atoms with Gasteiger partial charge in [0.25, 0.3) is 0 Å². The van der Waals surface area contributed by atoms with Crippen molar-refractivity contribution >= 4 is 28.9 Å². The van der Waals surface area contributed by atoms with Gasteiger partial charge in [-0.15, -0.1) is 0 Å². The van der Waals surface area contributed by atoms with E-state index >= 15 is 0 Å². The van der Waals surface area contributed by atoms with Crippen molar-refractivity contribution in [2.75, 3.05) is 19.8 Å². The maximum Gasteiger partial charge on any atom is 0.526 e. The summed E-state index contributed by atoms with van der Waals surface area (Å²) >= 11 is 0. The Morgan fingerprint density at radius 1 is 1.40 bits per heavy atom. The largest absolute Gasteiger partial charge is 0.535 e. The van der Waals surface area contributed by atoms with E-state index in [2.05, 4.69) is 0 Å². The van der Waals surface area contributed by atoms with Crippen LogP contribution in [0, 0.1) is 0 Å². The van der Waals surface area contributed by atoms with Crippen LogP contribution in [0.15, 0.2) is 18.2 Å². The van der Waals surface area contributed by atoms with Gasteiger partial charge in [0.15, 0.2) is 0 Å². The van der Waals surface area contributed by atoms with Gasteiger partial charge in [-0.3, -0.25) is 4.79 Å². The molecule has 0 amide bonds. The molecule has 1 atom stereocenters. The molecule has 1 aromatic rings. The molecule has 0 spiro atoms. The molecule has 2 rings (SSSR count). The average molecular weight is 369 g/mol. The van der Waals surface area contributed by atoms with Crippen molar-refractivity contribution in [3.63, 3.8) is 0 Å². The van der Waals surface area contributed by atoms with Crippen LogP contribution in [0.4, 0.5) is 0 Å². The van der Waals surface area contributed by atoms with Gasteiger partial charge in [-0.05, 0) is 18.1 Å². The van der Waals surface area contributed by atoms with Crippen LogP contribution in [0.1, 0.15) is 28.8 Å². The smallest absolute Gasteiger partial charge is 0.526 e. The van der Waals surface area contributed by atoms with Crippen LogP contribution in [0.3, 0.4) is 0 Å². The lowest BCUT2D eigenvalue weighted by Gasteiger charge is -2.28. The van der Waals surface area contributed by atoms with Gasteiger partial charge in [0.05, 0.1) is 11.8 Å². The van der Waals surface area contributed by atoms with Crippen LogP contribution < -0.4 is 4.65 Å². The third-order valence-electron chi connectivity index (χ3n) is 4.21. The first-order valence-electron chi connectivity index (χ1n) is 7.72. The first-order chi connectivity index (χ1) is 11.6. The van der Waals surface area contributed by atoms with Gasteiger partial charge < -0.3 is 14.8 Å². The van der Waals surface area contributed by atoms with E-state index < -0.39 is 28.9 Å². The van der Waals surface area contributed by atoms with Crippen molar-refractivity contribution in [1.82, 2.24) is 4.31 Å². The van der Waals surface area contributed by atoms with Crippen LogP contribution in [0.25, 0.3) is 0 Å². The van der Waals surface area contributed by atoms with E-state index in [-0.39, 0.29) is 36.5 Å². The number of aromatic carboxylic acids is 1. The minimum atomic E-state index is -3.34. The molecular formula is C15H20BNO7S. The van der Waals surface area contributed by atoms with E-state index in [9.17, 15) is 23.0 Å². The molecule has 2 N–H and O–H groups in total. The molecule has 0 fully saturated rings. The van der Waals surface area contributed by atoms with Crippen molar-refractivity contribution in [3.05, 3.63) is 29.3 Å². The van der Waals surface area contributed by atoms with Gasteiger partial charge in [-0.2, -0.15) is 0 Å². The molecular weight excluding hydrogens is 349 g/mol. The molecule has 0 aromatic heterocycles. The lowest BCUT2D eigenvalue weighted by Crippen LogP contribution is -2.36. The molecule has 1 aromatic carbocycles. The lowest BCUT2D eigenvalue weighted by atomic mass is 9.64. The van der Waals surface area contributed by atoms with Crippen molar-refractivity contribution in [2.24, 2.45) is 0 Å². The number of ketones is 1. The molecule has 0 radical (unpaired) electrons. The second kappa shape index (κ2) is 7.55. The predicted octanol–water partition coefficient (Wildman–Crippen LogP) is 0.411. The molecule has 1 aliphatic rings. The minimum Gasteiger partial charge on any atom is -0.535 e. The predicted molar refractivity (Wildman–Crippen MR) is 91.2 cm³/mol. The van der Waals surface area contributed by atoms with Gasteiger partial charge in [-0.1, -0.05) is 12.1 Å². The highest BCUT2D eigenvalue weighted by atomic mass is 32.2. The summed E-state index contributed by atoms with van der Waals surface area (Å²) in [7, 11) is -3.24. The van der Waals surface area contributed by atoms with Crippen molar-refractivity contribution in [3.8, 4) is 5.75 Å². The van der Waals surface area contributed by atoms with Gasteiger partial charge in [-0.25, -0.2) is 17.5 Å². The molecule has 1 heterocycles. The fourth-order valence-corrected chi connectivity index (χ4v) is 3.09. The summed E-state index contributed by atoms with van der Waals surface area (Å²) < 4.78 is 29.1. The number of carboxylic acids is 1. The molecule has 136 valence electrons. The number of hydrogen-bond acceptors (Lipinski definition) is 6. The first kappa shape index (κ1) is 19.4. The maximum absolute atomic E-state index is 12.1. The zero-order valence-electron chi connectivity index (χ0n) is 14.0. The Morgan fingerprint density at radius 3 is 2.68 bits per heavy atom. The van der Waals surface area contributed by atoms with Crippen LogP contribution in [-0.2, 0) is 21.2 Å². The van der Waals surface area contributed by atoms with Gasteiger partial charge >= 0.3 is 13.1 Å². The van der Waals surface area contributed by atoms with E-state index in [1.165, 1.54) is 13.1 Å². The van der Waals surface area contributed by atoms with Gasteiger partial charge in [0, 0.05) is 32.3 Å². The number of carboxylic acid groups (broad SMARTS) is 1. The van der Waals surface area contributed by atoms with E-state index in [0.29, 0.717) is 12.0 Å². The van der Waals surface area contributed by atoms with Crippen LogP contribution >= 0.6 is 0 Å². The summed E-state index contributed by atoms with van der Waals surface area (Å²) in [5, 5.41) is 19.3. The molecule has 1 aliphatic heterocycles. The summed E-state index contributed by atoms with van der Waals surface area (Å²) in [6.07, 6.45) is 1.43. The summed E-state index contributed by atoms with van der Waals surface area (Å²) in [6.45, 7) is 0.0705. The topological polar surface area (TPSA) is 121 Å². The van der Waals surface area contributed by atoms with Gasteiger partial charge in [0.1, 0.15) is 11.5 Å². The Kier molecular flexibility index (Phi) is 5.86. The van der Waals surface area contributed by atoms with E-state index in [0.717, 1.165) is 10.6 Å². The molecule has 10 heteroatoms. The molecule has 0 unspecified atom stereocenters. The fraction of sp³-hybridized carbons (Fsp3) is 0.467. The number of carbonyl (C=O) groups excluding carboxylic acids is 1. The zero-order valence-corrected chi connectivity index (χ0v) is 14.8. The average Bonchev–Trinajstić information content (AvgIpc) is 2.51. The van der Waals surface area contributed by atoms with E-state index in [1.54, 1.807) is 12.1 Å². The van der Waals surface area contributed by atoms with E-state index in [4.69, 9.17) is 9.76 Å². The third-order valence-corrected chi connectivity index (χ3v) is 5.53. The Balaban J connectivity index is 2.02. The van der Waals surface area contributed by atoms with Crippen molar-refractivity contribution in [2.45, 2.75) is 25.1 Å². The highest BCUT2D eigenvalue weighted by Gasteiger charge is 2.37. The first-order valence-corrected chi connectivity index (χ1v) is 9.57. The summed E-state index contributed by atoms with van der Waals surface area (Å²) in [5.74, 6) is -1.72. The van der Waals surface area contributed by atoms with E-state index in [1.807, 2.05) is 0 Å². The van der Waals surface area contributed by atoms with Crippen LogP contribution in [-0.4, -0.2) is 61.6 Å². The molecule has 0 aliphatic carbocycles. The Morgan fingerprint density at radius 2 is 2.08 bits per heavy atom. The number of hydrogen-bond donors (Lipinski definition) is 2.